The summed E-state index contributed by atoms with van der Waals surface area (Å²) in [6, 6.07) is 7.68. The molecule has 1 aromatic heterocycles. The van der Waals surface area contributed by atoms with Crippen LogP contribution in [0, 0.1) is 17.5 Å². The molecule has 0 spiro atoms. The number of carbonyl (C=O) groups is 1. The molecule has 0 bridgehead atoms. The van der Waals surface area contributed by atoms with Crippen molar-refractivity contribution in [1.29, 1.82) is 0 Å². The second kappa shape index (κ2) is 10.3. The molecule has 0 saturated heterocycles. The van der Waals surface area contributed by atoms with Gasteiger partial charge in [0.05, 0.1) is 24.2 Å². The van der Waals surface area contributed by atoms with Crippen molar-refractivity contribution in [2.75, 3.05) is 21.6 Å². The van der Waals surface area contributed by atoms with Crippen molar-refractivity contribution in [2.45, 2.75) is 25.2 Å². The Morgan fingerprint density at radius 1 is 1.06 bits per heavy atom. The Balaban J connectivity index is 1.73. The summed E-state index contributed by atoms with van der Waals surface area (Å²) < 4.78 is 67.2. The van der Waals surface area contributed by atoms with Crippen LogP contribution in [0.25, 0.3) is 0 Å². The number of hydrogen-bond donors (Lipinski definition) is 1. The number of thioether (sulfide) groups is 1. The lowest BCUT2D eigenvalue weighted by molar-refractivity contribution is -0.113. The molecule has 3 rings (SSSR count). The third-order valence-corrected chi connectivity index (χ3v) is 6.50. The van der Waals surface area contributed by atoms with Crippen LogP contribution >= 0.6 is 11.8 Å². The lowest BCUT2D eigenvalue weighted by Gasteiger charge is -2.22. The van der Waals surface area contributed by atoms with Gasteiger partial charge in [0.1, 0.15) is 17.5 Å². The maximum atomic E-state index is 13.3. The molecular weight excluding hydrogens is 479 g/mol. The summed E-state index contributed by atoms with van der Waals surface area (Å²) in [5, 5.41) is 10.8. The molecule has 0 saturated carbocycles. The molecule has 3 aromatic rings. The molecule has 0 aliphatic heterocycles. The van der Waals surface area contributed by atoms with Crippen LogP contribution in [-0.2, 0) is 27.9 Å². The van der Waals surface area contributed by atoms with Crippen LogP contribution in [0.4, 0.5) is 24.5 Å². The van der Waals surface area contributed by atoms with Gasteiger partial charge in [-0.1, -0.05) is 11.8 Å². The highest BCUT2D eigenvalue weighted by atomic mass is 32.2. The van der Waals surface area contributed by atoms with Gasteiger partial charge in [0.2, 0.25) is 15.9 Å². The van der Waals surface area contributed by atoms with Crippen molar-refractivity contribution in [3.05, 3.63) is 65.7 Å². The molecule has 1 heterocycles. The molecule has 0 radical (unpaired) electrons. The molecule has 8 nitrogen and oxygen atoms in total. The van der Waals surface area contributed by atoms with E-state index in [1.807, 2.05) is 0 Å². The number of amides is 1. The molecule has 33 heavy (non-hydrogen) atoms. The third kappa shape index (κ3) is 6.48. The summed E-state index contributed by atoms with van der Waals surface area (Å²) in [6.45, 7) is 2.04. The van der Waals surface area contributed by atoms with Gasteiger partial charge in [0, 0.05) is 18.3 Å². The first kappa shape index (κ1) is 24.6. The standard InChI is InChI=1S/C20H20F3N5O3S2/c1-3-27-18(11-28(33(2,30)31)17-6-4-13(21)5-7-17)25-26-20(27)32-12-19(29)24-16-9-14(22)8-15(23)10-16/h4-10H,3,11-12H2,1-2H3,(H,24,29). The number of carbonyl (C=O) groups excluding carboxylic acids is 1. The third-order valence-electron chi connectivity index (χ3n) is 4.39. The zero-order valence-corrected chi connectivity index (χ0v) is 19.3. The Kier molecular flexibility index (Phi) is 7.64. The molecule has 0 aliphatic rings. The fourth-order valence-corrected chi connectivity index (χ4v) is 4.63. The smallest absolute Gasteiger partial charge is 0.234 e. The largest absolute Gasteiger partial charge is 0.325 e. The van der Waals surface area contributed by atoms with E-state index in [1.54, 1.807) is 11.5 Å². The van der Waals surface area contributed by atoms with Gasteiger partial charge in [0.15, 0.2) is 11.0 Å². The zero-order chi connectivity index (χ0) is 24.2. The van der Waals surface area contributed by atoms with Crippen molar-refractivity contribution < 1.29 is 26.4 Å². The molecule has 1 N–H and O–H groups in total. The van der Waals surface area contributed by atoms with Crippen LogP contribution in [-0.4, -0.2) is 41.1 Å². The normalized spacial score (nSPS) is 11.4. The SMILES string of the molecule is CCn1c(CN(c2ccc(F)cc2)S(C)(=O)=O)nnc1SCC(=O)Nc1cc(F)cc(F)c1. The van der Waals surface area contributed by atoms with Crippen molar-refractivity contribution in [3.63, 3.8) is 0 Å². The van der Waals surface area contributed by atoms with Crippen LogP contribution in [0.1, 0.15) is 12.7 Å². The Morgan fingerprint density at radius 3 is 2.27 bits per heavy atom. The average molecular weight is 500 g/mol. The van der Waals surface area contributed by atoms with Gasteiger partial charge in [-0.3, -0.25) is 9.10 Å². The minimum Gasteiger partial charge on any atom is -0.325 e. The molecule has 0 atom stereocenters. The average Bonchev–Trinajstić information content (AvgIpc) is 3.11. The molecule has 0 aliphatic carbocycles. The predicted octanol–water partition coefficient (Wildman–Crippen LogP) is 3.41. The number of sulfonamides is 1. The molecule has 176 valence electrons. The molecule has 1 amide bonds. The molecular formula is C20H20F3N5O3S2. The van der Waals surface area contributed by atoms with Crippen LogP contribution in [0.2, 0.25) is 0 Å². The highest BCUT2D eigenvalue weighted by Crippen LogP contribution is 2.23. The van der Waals surface area contributed by atoms with Crippen LogP contribution in [0.3, 0.4) is 0 Å². The number of nitrogens with zero attached hydrogens (tertiary/aromatic N) is 4. The Morgan fingerprint density at radius 2 is 1.70 bits per heavy atom. The van der Waals surface area contributed by atoms with E-state index >= 15 is 0 Å². The molecule has 0 unspecified atom stereocenters. The van der Waals surface area contributed by atoms with Gasteiger partial charge in [-0.25, -0.2) is 21.6 Å². The highest BCUT2D eigenvalue weighted by molar-refractivity contribution is 7.99. The van der Waals surface area contributed by atoms with E-state index in [1.165, 1.54) is 12.1 Å². The fraction of sp³-hybridized carbons (Fsp3) is 0.250. The van der Waals surface area contributed by atoms with Crippen LogP contribution < -0.4 is 9.62 Å². The number of anilines is 2. The van der Waals surface area contributed by atoms with Crippen molar-refractivity contribution in [1.82, 2.24) is 14.8 Å². The molecule has 13 heteroatoms. The van der Waals surface area contributed by atoms with Gasteiger partial charge < -0.3 is 9.88 Å². The molecule has 2 aromatic carbocycles. The monoisotopic (exact) mass is 499 g/mol. The van der Waals surface area contributed by atoms with E-state index < -0.39 is 33.4 Å². The quantitative estimate of drug-likeness (QED) is 0.453. The number of hydrogen-bond acceptors (Lipinski definition) is 6. The Hall–Kier alpha value is -3.06. The molecule has 0 fully saturated rings. The topological polar surface area (TPSA) is 97.2 Å². The number of aromatic nitrogens is 3. The van der Waals surface area contributed by atoms with E-state index in [2.05, 4.69) is 15.5 Å². The van der Waals surface area contributed by atoms with Crippen molar-refractivity contribution in [3.8, 4) is 0 Å². The fourth-order valence-electron chi connectivity index (χ4n) is 2.95. The van der Waals surface area contributed by atoms with Crippen LogP contribution in [0.5, 0.6) is 0 Å². The number of halogens is 3. The van der Waals surface area contributed by atoms with Gasteiger partial charge in [0.25, 0.3) is 0 Å². The second-order valence-corrected chi connectivity index (χ2v) is 9.73. The maximum absolute atomic E-state index is 13.3. The predicted molar refractivity (Wildman–Crippen MR) is 119 cm³/mol. The summed E-state index contributed by atoms with van der Waals surface area (Å²) in [5.74, 6) is -2.44. The number of nitrogens with one attached hydrogen (secondary N) is 1. The summed E-state index contributed by atoms with van der Waals surface area (Å²) in [5.41, 5.74) is 0.249. The first-order valence-corrected chi connectivity index (χ1v) is 12.4. The van der Waals surface area contributed by atoms with Crippen molar-refractivity contribution in [2.24, 2.45) is 0 Å². The lowest BCUT2D eigenvalue weighted by atomic mass is 10.3. The second-order valence-electron chi connectivity index (χ2n) is 6.88. The summed E-state index contributed by atoms with van der Waals surface area (Å²) >= 11 is 1.03. The van der Waals surface area contributed by atoms with Crippen LogP contribution in [0.15, 0.2) is 47.6 Å². The highest BCUT2D eigenvalue weighted by Gasteiger charge is 2.22. The first-order chi connectivity index (χ1) is 15.6. The minimum atomic E-state index is -3.71. The van der Waals surface area contributed by atoms with E-state index in [-0.39, 0.29) is 23.7 Å². The lowest BCUT2D eigenvalue weighted by Crippen LogP contribution is -2.30. The Labute approximate surface area is 192 Å². The minimum absolute atomic E-state index is 0.0150. The first-order valence-electron chi connectivity index (χ1n) is 9.61. The van der Waals surface area contributed by atoms with Gasteiger partial charge in [-0.05, 0) is 43.3 Å². The number of rotatable bonds is 9. The van der Waals surface area contributed by atoms with E-state index in [9.17, 15) is 26.4 Å². The maximum Gasteiger partial charge on any atom is 0.234 e. The van der Waals surface area contributed by atoms with Gasteiger partial charge in [-0.2, -0.15) is 0 Å². The van der Waals surface area contributed by atoms with E-state index in [4.69, 9.17) is 0 Å². The summed E-state index contributed by atoms with van der Waals surface area (Å²) in [6.07, 6.45) is 1.03. The van der Waals surface area contributed by atoms with E-state index in [0.717, 1.165) is 46.6 Å². The number of benzene rings is 2. The van der Waals surface area contributed by atoms with Gasteiger partial charge >= 0.3 is 0 Å². The zero-order valence-electron chi connectivity index (χ0n) is 17.6. The van der Waals surface area contributed by atoms with Crippen molar-refractivity contribution >= 4 is 39.1 Å². The summed E-state index contributed by atoms with van der Waals surface area (Å²) in [4.78, 5) is 12.2. The van der Waals surface area contributed by atoms with Gasteiger partial charge in [-0.15, -0.1) is 10.2 Å². The summed E-state index contributed by atoms with van der Waals surface area (Å²) in [7, 11) is -3.71. The Bertz CT molecular complexity index is 1230. The van der Waals surface area contributed by atoms with E-state index in [0.29, 0.717) is 23.6 Å².